The fourth-order valence-electron chi connectivity index (χ4n) is 2.66. The van der Waals surface area contributed by atoms with E-state index in [1.54, 1.807) is 4.68 Å². The summed E-state index contributed by atoms with van der Waals surface area (Å²) in [5.41, 5.74) is 1.57. The van der Waals surface area contributed by atoms with Crippen molar-refractivity contribution >= 4 is 11.9 Å². The van der Waals surface area contributed by atoms with Gasteiger partial charge in [0, 0.05) is 18.7 Å². The average molecular weight is 392 g/mol. The van der Waals surface area contributed by atoms with Crippen LogP contribution in [0, 0.1) is 13.8 Å². The third-order valence-electron chi connectivity index (χ3n) is 4.20. The topological polar surface area (TPSA) is 77.6 Å². The maximum atomic E-state index is 12.7. The minimum Gasteiger partial charge on any atom is -0.293 e. The molecule has 1 N–H and O–H groups in total. The Morgan fingerprint density at radius 1 is 1.18 bits per heavy atom. The number of amides is 1. The van der Waals surface area contributed by atoms with Gasteiger partial charge < -0.3 is 0 Å². The number of halogens is 3. The molecule has 0 aliphatic carbocycles. The molecule has 1 aromatic carbocycles. The van der Waals surface area contributed by atoms with E-state index in [0.29, 0.717) is 12.2 Å². The highest BCUT2D eigenvalue weighted by Crippen LogP contribution is 2.28. The quantitative estimate of drug-likeness (QED) is 0.699. The van der Waals surface area contributed by atoms with Gasteiger partial charge in [0.05, 0.1) is 6.54 Å². The van der Waals surface area contributed by atoms with E-state index >= 15 is 0 Å². The van der Waals surface area contributed by atoms with Crippen LogP contribution in [0.3, 0.4) is 0 Å². The molecule has 0 bridgehead atoms. The number of nitrogens with one attached hydrogen (secondary N) is 1. The predicted molar refractivity (Wildman–Crippen MR) is 95.5 cm³/mol. The zero-order valence-corrected chi connectivity index (χ0v) is 15.4. The second-order valence-electron chi connectivity index (χ2n) is 6.38. The summed E-state index contributed by atoms with van der Waals surface area (Å²) >= 11 is 0. The van der Waals surface area contributed by atoms with Gasteiger partial charge >= 0.3 is 6.18 Å². The molecule has 2 heterocycles. The molecule has 0 fully saturated rings. The van der Waals surface area contributed by atoms with E-state index in [0.717, 1.165) is 21.9 Å². The normalized spacial score (nSPS) is 11.6. The summed E-state index contributed by atoms with van der Waals surface area (Å²) in [5, 5.41) is 10.2. The van der Waals surface area contributed by atoms with Crippen LogP contribution in [-0.2, 0) is 24.1 Å². The van der Waals surface area contributed by atoms with Gasteiger partial charge in [0.25, 0.3) is 0 Å². The number of hydrogen-bond acceptors (Lipinski definition) is 4. The van der Waals surface area contributed by atoms with Gasteiger partial charge in [0.15, 0.2) is 5.69 Å². The maximum absolute atomic E-state index is 12.7. The van der Waals surface area contributed by atoms with Crippen molar-refractivity contribution in [1.82, 2.24) is 24.5 Å². The summed E-state index contributed by atoms with van der Waals surface area (Å²) in [6.07, 6.45) is -3.05. The zero-order valence-electron chi connectivity index (χ0n) is 15.4. The lowest BCUT2D eigenvalue weighted by Crippen LogP contribution is -2.17. The van der Waals surface area contributed by atoms with E-state index in [1.165, 1.54) is 13.3 Å². The highest BCUT2D eigenvalue weighted by molar-refractivity contribution is 5.88. The largest absolute Gasteiger partial charge is 0.435 e. The monoisotopic (exact) mass is 392 g/mol. The van der Waals surface area contributed by atoms with Crippen LogP contribution in [-0.4, -0.2) is 30.5 Å². The fraction of sp³-hybridized carbons (Fsp3) is 0.333. The van der Waals surface area contributed by atoms with Crippen LogP contribution in [0.1, 0.15) is 28.9 Å². The summed E-state index contributed by atoms with van der Waals surface area (Å²) in [6.45, 7) is 4.05. The molecule has 7 nitrogen and oxygen atoms in total. The number of carbonyl (C=O) groups is 1. The highest BCUT2D eigenvalue weighted by Gasteiger charge is 2.34. The second kappa shape index (κ2) is 7.83. The first-order chi connectivity index (χ1) is 13.2. The van der Waals surface area contributed by atoms with E-state index in [9.17, 15) is 18.0 Å². The van der Waals surface area contributed by atoms with Gasteiger partial charge in [-0.25, -0.2) is 9.67 Å². The molecule has 0 saturated heterocycles. The summed E-state index contributed by atoms with van der Waals surface area (Å²) in [4.78, 5) is 16.1. The van der Waals surface area contributed by atoms with Gasteiger partial charge in [0.2, 0.25) is 11.9 Å². The minimum absolute atomic E-state index is 0.0255. The molecule has 0 aliphatic heterocycles. The molecule has 10 heteroatoms. The van der Waals surface area contributed by atoms with Crippen molar-refractivity contribution in [3.8, 4) is 0 Å². The first-order valence-electron chi connectivity index (χ1n) is 8.58. The number of anilines is 1. The molecule has 148 valence electrons. The van der Waals surface area contributed by atoms with E-state index in [-0.39, 0.29) is 18.9 Å². The van der Waals surface area contributed by atoms with Crippen molar-refractivity contribution in [2.45, 2.75) is 39.5 Å². The first-order valence-corrected chi connectivity index (χ1v) is 8.58. The standard InChI is InChI=1S/C18H19F3N6O/c1-12-5-3-4-6-14(12)10-26-11-22-17(25-26)23-16(28)7-8-27-13(2)9-15(24-27)18(19,20)21/h3-6,9,11H,7-8,10H2,1-2H3,(H,23,25,28). The van der Waals surface area contributed by atoms with Crippen molar-refractivity contribution in [3.63, 3.8) is 0 Å². The van der Waals surface area contributed by atoms with E-state index < -0.39 is 17.8 Å². The van der Waals surface area contributed by atoms with Crippen LogP contribution < -0.4 is 5.32 Å². The lowest BCUT2D eigenvalue weighted by atomic mass is 10.1. The number of hydrogen-bond donors (Lipinski definition) is 1. The Balaban J connectivity index is 1.55. The molecule has 1 amide bonds. The van der Waals surface area contributed by atoms with Crippen LogP contribution in [0.25, 0.3) is 0 Å². The number of rotatable bonds is 6. The Morgan fingerprint density at radius 3 is 2.61 bits per heavy atom. The van der Waals surface area contributed by atoms with Crippen molar-refractivity contribution in [3.05, 3.63) is 59.2 Å². The van der Waals surface area contributed by atoms with Gasteiger partial charge in [-0.05, 0) is 31.0 Å². The molecule has 28 heavy (non-hydrogen) atoms. The van der Waals surface area contributed by atoms with Crippen LogP contribution in [0.2, 0.25) is 0 Å². The number of aryl methyl sites for hydroxylation is 3. The summed E-state index contributed by atoms with van der Waals surface area (Å²) in [6, 6.07) is 8.81. The molecular weight excluding hydrogens is 373 g/mol. The van der Waals surface area contributed by atoms with E-state index in [1.807, 2.05) is 31.2 Å². The first kappa shape index (κ1) is 19.6. The third-order valence-corrected chi connectivity index (χ3v) is 4.20. The van der Waals surface area contributed by atoms with Crippen molar-refractivity contribution in [2.24, 2.45) is 0 Å². The summed E-state index contributed by atoms with van der Waals surface area (Å²) < 4.78 is 40.8. The smallest absolute Gasteiger partial charge is 0.293 e. The van der Waals surface area contributed by atoms with Crippen LogP contribution in [0.4, 0.5) is 19.1 Å². The van der Waals surface area contributed by atoms with Crippen LogP contribution >= 0.6 is 0 Å². The number of benzene rings is 1. The Bertz CT molecular complexity index is 976. The van der Waals surface area contributed by atoms with Crippen LogP contribution in [0.5, 0.6) is 0 Å². The number of nitrogens with zero attached hydrogens (tertiary/aromatic N) is 5. The number of aromatic nitrogens is 5. The lowest BCUT2D eigenvalue weighted by Gasteiger charge is -2.05. The Morgan fingerprint density at radius 2 is 1.93 bits per heavy atom. The molecule has 0 atom stereocenters. The Kier molecular flexibility index (Phi) is 5.48. The molecular formula is C18H19F3N6O. The predicted octanol–water partition coefficient (Wildman–Crippen LogP) is 3.19. The lowest BCUT2D eigenvalue weighted by molar-refractivity contribution is -0.141. The SMILES string of the molecule is Cc1ccccc1Cn1cnc(NC(=O)CCn2nc(C(F)(F)F)cc2C)n1. The molecule has 0 spiro atoms. The number of alkyl halides is 3. The van der Waals surface area contributed by atoms with E-state index in [2.05, 4.69) is 20.5 Å². The van der Waals surface area contributed by atoms with Gasteiger partial charge in [-0.2, -0.15) is 18.3 Å². The molecule has 3 rings (SSSR count). The molecule has 2 aromatic heterocycles. The summed E-state index contributed by atoms with van der Waals surface area (Å²) in [5.74, 6) is -0.260. The van der Waals surface area contributed by atoms with Gasteiger partial charge in [0.1, 0.15) is 6.33 Å². The molecule has 3 aromatic rings. The molecule has 0 unspecified atom stereocenters. The minimum atomic E-state index is -4.51. The average Bonchev–Trinajstić information content (AvgIpc) is 3.21. The van der Waals surface area contributed by atoms with E-state index in [4.69, 9.17) is 0 Å². The Hall–Kier alpha value is -3.17. The van der Waals surface area contributed by atoms with Gasteiger partial charge in [-0.3, -0.25) is 14.8 Å². The van der Waals surface area contributed by atoms with Crippen molar-refractivity contribution in [2.75, 3.05) is 5.32 Å². The Labute approximate surface area is 159 Å². The fourth-order valence-corrected chi connectivity index (χ4v) is 2.66. The molecule has 0 radical (unpaired) electrons. The molecule has 0 saturated carbocycles. The zero-order chi connectivity index (χ0) is 20.3. The van der Waals surface area contributed by atoms with Crippen molar-refractivity contribution < 1.29 is 18.0 Å². The highest BCUT2D eigenvalue weighted by atomic mass is 19.4. The van der Waals surface area contributed by atoms with Gasteiger partial charge in [-0.15, -0.1) is 5.10 Å². The second-order valence-corrected chi connectivity index (χ2v) is 6.38. The third kappa shape index (κ3) is 4.76. The van der Waals surface area contributed by atoms with Gasteiger partial charge in [-0.1, -0.05) is 24.3 Å². The maximum Gasteiger partial charge on any atom is 0.435 e. The summed E-state index contributed by atoms with van der Waals surface area (Å²) in [7, 11) is 0. The number of carbonyl (C=O) groups excluding carboxylic acids is 1. The molecule has 0 aliphatic rings. The van der Waals surface area contributed by atoms with Crippen molar-refractivity contribution in [1.29, 1.82) is 0 Å². The van der Waals surface area contributed by atoms with Crippen LogP contribution in [0.15, 0.2) is 36.7 Å².